The molecule has 0 spiro atoms. The number of rotatable bonds is 2. The Morgan fingerprint density at radius 1 is 1.47 bits per heavy atom. The Balaban J connectivity index is 2.41. The minimum absolute atomic E-state index is 0.00987. The molecule has 0 saturated heterocycles. The lowest BCUT2D eigenvalue weighted by atomic mass is 10.4. The predicted octanol–water partition coefficient (Wildman–Crippen LogP) is 1.57. The summed E-state index contributed by atoms with van der Waals surface area (Å²) in [5.74, 6) is -0.436. The maximum atomic E-state index is 10.6. The molecule has 0 aromatic carbocycles. The molecular weight excluding hydrogens is 309 g/mol. The van der Waals surface area contributed by atoms with Gasteiger partial charge in [-0.3, -0.25) is 0 Å². The van der Waals surface area contributed by atoms with Gasteiger partial charge >= 0.3 is 5.97 Å². The smallest absolute Gasteiger partial charge is 0.356 e. The van der Waals surface area contributed by atoms with E-state index < -0.39 is 5.97 Å². The van der Waals surface area contributed by atoms with Crippen LogP contribution in [-0.4, -0.2) is 25.8 Å². The first kappa shape index (κ1) is 10.1. The molecule has 76 valence electrons. The Morgan fingerprint density at radius 3 is 2.87 bits per heavy atom. The molecule has 2 heterocycles. The summed E-state index contributed by atoms with van der Waals surface area (Å²) < 4.78 is 2.45. The highest BCUT2D eigenvalue weighted by Gasteiger charge is 2.08. The van der Waals surface area contributed by atoms with Crippen molar-refractivity contribution in [3.05, 3.63) is 39.9 Å². The molecule has 0 amide bonds. The second kappa shape index (κ2) is 3.97. The van der Waals surface area contributed by atoms with Crippen LogP contribution in [0.2, 0.25) is 0 Å². The number of carboxylic acids is 1. The topological polar surface area (TPSA) is 68.0 Å². The largest absolute Gasteiger partial charge is 0.476 e. The third kappa shape index (κ3) is 2.14. The Morgan fingerprint density at radius 2 is 2.27 bits per heavy atom. The molecule has 0 aliphatic carbocycles. The van der Waals surface area contributed by atoms with Gasteiger partial charge in [-0.25, -0.2) is 14.5 Å². The van der Waals surface area contributed by atoms with E-state index in [0.717, 1.165) is 3.57 Å². The monoisotopic (exact) mass is 315 g/mol. The minimum Gasteiger partial charge on any atom is -0.476 e. The summed E-state index contributed by atoms with van der Waals surface area (Å²) in [5, 5.41) is 12.6. The molecule has 15 heavy (non-hydrogen) atoms. The molecule has 0 atom stereocenters. The van der Waals surface area contributed by atoms with Crippen LogP contribution in [0.1, 0.15) is 10.5 Å². The molecule has 0 fully saturated rings. The molecule has 0 bridgehead atoms. The van der Waals surface area contributed by atoms with E-state index in [1.165, 1.54) is 10.7 Å². The first-order valence-electron chi connectivity index (χ1n) is 4.08. The van der Waals surface area contributed by atoms with Gasteiger partial charge in [0.2, 0.25) is 0 Å². The fourth-order valence-electron chi connectivity index (χ4n) is 1.08. The molecule has 2 rings (SSSR count). The number of halogens is 1. The van der Waals surface area contributed by atoms with Crippen LogP contribution in [-0.2, 0) is 0 Å². The number of carbonyl (C=O) groups is 1. The standard InChI is InChI=1S/C9H6IN3O2/c10-6-1-3-11-8(5-6)13-4-2-7(12-13)9(14)15/h1-5H,(H,14,15). The lowest BCUT2D eigenvalue weighted by molar-refractivity contribution is 0.0690. The van der Waals surface area contributed by atoms with Crippen LogP contribution in [0, 0.1) is 3.57 Å². The number of pyridine rings is 1. The van der Waals surface area contributed by atoms with Crippen LogP contribution in [0.4, 0.5) is 0 Å². The first-order valence-corrected chi connectivity index (χ1v) is 5.15. The van der Waals surface area contributed by atoms with Crippen LogP contribution in [0.15, 0.2) is 30.6 Å². The summed E-state index contributed by atoms with van der Waals surface area (Å²) >= 11 is 2.15. The van der Waals surface area contributed by atoms with Gasteiger partial charge in [0.25, 0.3) is 0 Å². The van der Waals surface area contributed by atoms with Crippen LogP contribution in [0.25, 0.3) is 5.82 Å². The quantitative estimate of drug-likeness (QED) is 0.854. The summed E-state index contributed by atoms with van der Waals surface area (Å²) in [6.07, 6.45) is 3.22. The average Bonchev–Trinajstić information content (AvgIpc) is 2.66. The van der Waals surface area contributed by atoms with Crippen LogP contribution in [0.5, 0.6) is 0 Å². The van der Waals surface area contributed by atoms with Gasteiger partial charge in [-0.1, -0.05) is 0 Å². The Hall–Kier alpha value is -1.44. The normalized spacial score (nSPS) is 10.2. The molecule has 0 aliphatic rings. The number of hydrogen-bond acceptors (Lipinski definition) is 3. The van der Waals surface area contributed by atoms with Crippen molar-refractivity contribution in [3.8, 4) is 5.82 Å². The van der Waals surface area contributed by atoms with Crippen molar-refractivity contribution in [1.29, 1.82) is 0 Å². The van der Waals surface area contributed by atoms with Crippen LogP contribution in [0.3, 0.4) is 0 Å². The molecule has 6 heteroatoms. The third-order valence-electron chi connectivity index (χ3n) is 1.75. The second-order valence-corrected chi connectivity index (χ2v) is 4.03. The van der Waals surface area contributed by atoms with Gasteiger partial charge in [-0.2, -0.15) is 5.10 Å². The zero-order valence-corrected chi connectivity index (χ0v) is 9.62. The van der Waals surface area contributed by atoms with Gasteiger partial charge in [0.1, 0.15) is 0 Å². The maximum absolute atomic E-state index is 10.6. The predicted molar refractivity (Wildman–Crippen MR) is 61.0 cm³/mol. The lowest BCUT2D eigenvalue weighted by Crippen LogP contribution is -2.02. The molecule has 1 N–H and O–H groups in total. The molecule has 2 aromatic rings. The third-order valence-corrected chi connectivity index (χ3v) is 2.42. The summed E-state index contributed by atoms with van der Waals surface area (Å²) in [5.41, 5.74) is 0.00987. The van der Waals surface area contributed by atoms with E-state index in [1.54, 1.807) is 12.4 Å². The van der Waals surface area contributed by atoms with Gasteiger partial charge in [-0.05, 0) is 40.8 Å². The second-order valence-electron chi connectivity index (χ2n) is 2.78. The van der Waals surface area contributed by atoms with Crippen molar-refractivity contribution >= 4 is 28.6 Å². The minimum atomic E-state index is -1.04. The highest BCUT2D eigenvalue weighted by molar-refractivity contribution is 14.1. The summed E-state index contributed by atoms with van der Waals surface area (Å²) in [6.45, 7) is 0. The van der Waals surface area contributed by atoms with Crippen molar-refractivity contribution in [1.82, 2.24) is 14.8 Å². The number of nitrogens with zero attached hydrogens (tertiary/aromatic N) is 3. The van der Waals surface area contributed by atoms with E-state index in [1.807, 2.05) is 12.1 Å². The molecular formula is C9H6IN3O2. The molecule has 2 aromatic heterocycles. The Labute approximate surface area is 98.9 Å². The number of hydrogen-bond donors (Lipinski definition) is 1. The summed E-state index contributed by atoms with van der Waals surface area (Å²) in [6, 6.07) is 5.11. The van der Waals surface area contributed by atoms with Crippen molar-refractivity contribution in [2.75, 3.05) is 0 Å². The van der Waals surface area contributed by atoms with Crippen LogP contribution >= 0.6 is 22.6 Å². The van der Waals surface area contributed by atoms with E-state index in [9.17, 15) is 4.79 Å². The van der Waals surface area contributed by atoms with Gasteiger partial charge in [0, 0.05) is 16.0 Å². The number of aromatic nitrogens is 3. The molecule has 5 nitrogen and oxygen atoms in total. The van der Waals surface area contributed by atoms with Crippen molar-refractivity contribution in [2.24, 2.45) is 0 Å². The number of carboxylic acid groups (broad SMARTS) is 1. The van der Waals surface area contributed by atoms with E-state index in [0.29, 0.717) is 5.82 Å². The molecule has 0 unspecified atom stereocenters. The maximum Gasteiger partial charge on any atom is 0.356 e. The Kier molecular flexibility index (Phi) is 2.67. The van der Waals surface area contributed by atoms with Crippen molar-refractivity contribution < 1.29 is 9.90 Å². The van der Waals surface area contributed by atoms with Gasteiger partial charge < -0.3 is 5.11 Å². The van der Waals surface area contributed by atoms with Gasteiger partial charge in [0.15, 0.2) is 11.5 Å². The van der Waals surface area contributed by atoms with E-state index in [-0.39, 0.29) is 5.69 Å². The molecule has 0 aliphatic heterocycles. The highest BCUT2D eigenvalue weighted by Crippen LogP contribution is 2.09. The van der Waals surface area contributed by atoms with Gasteiger partial charge in [-0.15, -0.1) is 0 Å². The molecule has 0 saturated carbocycles. The Bertz CT molecular complexity index is 510. The van der Waals surface area contributed by atoms with E-state index in [2.05, 4.69) is 32.7 Å². The van der Waals surface area contributed by atoms with E-state index >= 15 is 0 Å². The van der Waals surface area contributed by atoms with E-state index in [4.69, 9.17) is 5.11 Å². The first-order chi connectivity index (χ1) is 7.16. The van der Waals surface area contributed by atoms with Gasteiger partial charge in [0.05, 0.1) is 0 Å². The lowest BCUT2D eigenvalue weighted by Gasteiger charge is -1.99. The van der Waals surface area contributed by atoms with Crippen molar-refractivity contribution in [2.45, 2.75) is 0 Å². The summed E-state index contributed by atoms with van der Waals surface area (Å²) in [7, 11) is 0. The summed E-state index contributed by atoms with van der Waals surface area (Å²) in [4.78, 5) is 14.7. The zero-order chi connectivity index (χ0) is 10.8. The zero-order valence-electron chi connectivity index (χ0n) is 7.46. The highest BCUT2D eigenvalue weighted by atomic mass is 127. The molecule has 0 radical (unpaired) electrons. The average molecular weight is 315 g/mol. The van der Waals surface area contributed by atoms with Crippen LogP contribution < -0.4 is 0 Å². The fourth-order valence-corrected chi connectivity index (χ4v) is 1.52. The number of aromatic carboxylic acids is 1. The SMILES string of the molecule is O=C(O)c1ccn(-c2cc(I)ccn2)n1. The fraction of sp³-hybridized carbons (Fsp3) is 0. The van der Waals surface area contributed by atoms with Crippen molar-refractivity contribution in [3.63, 3.8) is 0 Å².